The van der Waals surface area contributed by atoms with Crippen LogP contribution in [0.5, 0.6) is 0 Å². The smallest absolute Gasteiger partial charge is 0.251 e. The van der Waals surface area contributed by atoms with E-state index in [2.05, 4.69) is 27.3 Å². The van der Waals surface area contributed by atoms with Gasteiger partial charge in [0, 0.05) is 23.5 Å². The first kappa shape index (κ1) is 15.0. The molecule has 2 N–H and O–H groups in total. The Kier molecular flexibility index (Phi) is 4.73. The number of piperidine rings is 1. The molecule has 1 aliphatic heterocycles. The van der Waals surface area contributed by atoms with Crippen molar-refractivity contribution in [2.45, 2.75) is 38.6 Å². The van der Waals surface area contributed by atoms with Crippen LogP contribution in [-0.4, -0.2) is 46.7 Å². The van der Waals surface area contributed by atoms with Gasteiger partial charge in [0.05, 0.1) is 11.7 Å². The summed E-state index contributed by atoms with van der Waals surface area (Å²) >= 11 is 0. The fourth-order valence-corrected chi connectivity index (χ4v) is 3.11. The second-order valence-electron chi connectivity index (χ2n) is 6.14. The number of rotatable bonds is 5. The van der Waals surface area contributed by atoms with Crippen LogP contribution in [0.15, 0.2) is 24.4 Å². The number of benzene rings is 1. The lowest BCUT2D eigenvalue weighted by atomic mass is 10.0. The van der Waals surface area contributed by atoms with Gasteiger partial charge in [0.15, 0.2) is 0 Å². The molecule has 2 heterocycles. The predicted octanol–water partition coefficient (Wildman–Crippen LogP) is 2.56. The zero-order chi connectivity index (χ0) is 15.4. The van der Waals surface area contributed by atoms with E-state index < -0.39 is 0 Å². The Morgan fingerprint density at radius 1 is 1.50 bits per heavy atom. The average Bonchev–Trinajstić information content (AvgIpc) is 3.00. The maximum Gasteiger partial charge on any atom is 0.251 e. The van der Waals surface area contributed by atoms with Crippen molar-refractivity contribution in [2.75, 3.05) is 19.6 Å². The Labute approximate surface area is 131 Å². The zero-order valence-electron chi connectivity index (χ0n) is 13.1. The molecule has 0 saturated carbocycles. The van der Waals surface area contributed by atoms with Crippen LogP contribution in [0.25, 0.3) is 10.9 Å². The third-order valence-electron chi connectivity index (χ3n) is 4.37. The molecule has 5 heteroatoms. The van der Waals surface area contributed by atoms with E-state index in [0.717, 1.165) is 43.4 Å². The summed E-state index contributed by atoms with van der Waals surface area (Å²) in [4.78, 5) is 14.9. The Balaban J connectivity index is 1.60. The largest absolute Gasteiger partial charge is 0.348 e. The molecule has 1 aliphatic rings. The molecular weight excluding hydrogens is 276 g/mol. The quantitative estimate of drug-likeness (QED) is 0.892. The lowest BCUT2D eigenvalue weighted by Crippen LogP contribution is -2.47. The van der Waals surface area contributed by atoms with E-state index in [1.54, 1.807) is 6.20 Å². The molecule has 118 valence electrons. The molecule has 2 aromatic rings. The summed E-state index contributed by atoms with van der Waals surface area (Å²) in [6, 6.07) is 5.92. The number of nitrogens with zero attached hydrogens (tertiary/aromatic N) is 2. The molecule has 0 aliphatic carbocycles. The third kappa shape index (κ3) is 3.47. The second kappa shape index (κ2) is 6.92. The van der Waals surface area contributed by atoms with Crippen LogP contribution in [0.1, 0.15) is 43.0 Å². The van der Waals surface area contributed by atoms with Gasteiger partial charge in [-0.2, -0.15) is 5.10 Å². The SMILES string of the molecule is CCCCN1CCC[C@@H](NC(=O)c2ccc3[nH]ncc3c2)C1. The van der Waals surface area contributed by atoms with Gasteiger partial charge in [0.2, 0.25) is 0 Å². The molecule has 1 aromatic carbocycles. The Bertz CT molecular complexity index is 636. The molecule has 1 aromatic heterocycles. The summed E-state index contributed by atoms with van der Waals surface area (Å²) < 4.78 is 0. The first-order valence-corrected chi connectivity index (χ1v) is 8.22. The van der Waals surface area contributed by atoms with Crippen LogP contribution in [0.4, 0.5) is 0 Å². The van der Waals surface area contributed by atoms with E-state index in [4.69, 9.17) is 0 Å². The van der Waals surface area contributed by atoms with E-state index in [0.29, 0.717) is 5.56 Å². The number of aromatic amines is 1. The van der Waals surface area contributed by atoms with Gasteiger partial charge in [-0.1, -0.05) is 13.3 Å². The van der Waals surface area contributed by atoms with Gasteiger partial charge >= 0.3 is 0 Å². The molecule has 22 heavy (non-hydrogen) atoms. The van der Waals surface area contributed by atoms with Gasteiger partial charge in [-0.15, -0.1) is 0 Å². The summed E-state index contributed by atoms with van der Waals surface area (Å²) in [5.41, 5.74) is 1.67. The Morgan fingerprint density at radius 2 is 2.41 bits per heavy atom. The maximum atomic E-state index is 12.4. The molecule has 1 atom stereocenters. The molecule has 0 radical (unpaired) electrons. The van der Waals surface area contributed by atoms with Crippen LogP contribution in [0, 0.1) is 0 Å². The average molecular weight is 300 g/mol. The molecular formula is C17H24N4O. The summed E-state index contributed by atoms with van der Waals surface area (Å²) in [5.74, 6) is 0.0189. The molecule has 5 nitrogen and oxygen atoms in total. The van der Waals surface area contributed by atoms with Crippen molar-refractivity contribution in [2.24, 2.45) is 0 Å². The van der Waals surface area contributed by atoms with Gasteiger partial charge in [-0.25, -0.2) is 0 Å². The van der Waals surface area contributed by atoms with Gasteiger partial charge in [-0.3, -0.25) is 9.89 Å². The van der Waals surface area contributed by atoms with Crippen molar-refractivity contribution in [1.82, 2.24) is 20.4 Å². The number of nitrogens with one attached hydrogen (secondary N) is 2. The number of amides is 1. The summed E-state index contributed by atoms with van der Waals surface area (Å²) in [6.45, 7) is 5.49. The minimum absolute atomic E-state index is 0.0189. The van der Waals surface area contributed by atoms with E-state index in [1.807, 2.05) is 18.2 Å². The summed E-state index contributed by atoms with van der Waals surface area (Å²) in [6.07, 6.45) is 6.44. The summed E-state index contributed by atoms with van der Waals surface area (Å²) in [5, 5.41) is 11.1. The molecule has 1 fully saturated rings. The number of carbonyl (C=O) groups is 1. The molecule has 0 unspecified atom stereocenters. The van der Waals surface area contributed by atoms with Crippen LogP contribution in [-0.2, 0) is 0 Å². The third-order valence-corrected chi connectivity index (χ3v) is 4.37. The van der Waals surface area contributed by atoms with E-state index >= 15 is 0 Å². The molecule has 1 saturated heterocycles. The van der Waals surface area contributed by atoms with Crippen molar-refractivity contribution in [3.8, 4) is 0 Å². The molecule has 0 bridgehead atoms. The molecule has 3 rings (SSSR count). The number of aromatic nitrogens is 2. The van der Waals surface area contributed by atoms with Gasteiger partial charge in [0.25, 0.3) is 5.91 Å². The van der Waals surface area contributed by atoms with E-state index in [9.17, 15) is 4.79 Å². The maximum absolute atomic E-state index is 12.4. The highest BCUT2D eigenvalue weighted by molar-refractivity contribution is 5.98. The minimum Gasteiger partial charge on any atom is -0.348 e. The number of hydrogen-bond acceptors (Lipinski definition) is 3. The standard InChI is InChI=1S/C17H24N4O/c1-2-3-8-21-9-4-5-15(12-21)19-17(22)13-6-7-16-14(10-13)11-18-20-16/h6-7,10-11,15H,2-5,8-9,12H2,1H3,(H,18,20)(H,19,22)/t15-/m1/s1. The van der Waals surface area contributed by atoms with E-state index in [1.165, 1.54) is 12.8 Å². The number of fused-ring (bicyclic) bond motifs is 1. The normalized spacial score (nSPS) is 19.4. The van der Waals surface area contributed by atoms with E-state index in [-0.39, 0.29) is 11.9 Å². The minimum atomic E-state index is 0.0189. The highest BCUT2D eigenvalue weighted by atomic mass is 16.1. The topological polar surface area (TPSA) is 61.0 Å². The van der Waals surface area contributed by atoms with Crippen LogP contribution < -0.4 is 5.32 Å². The number of unbranched alkanes of at least 4 members (excludes halogenated alkanes) is 1. The van der Waals surface area contributed by atoms with Gasteiger partial charge in [-0.05, 0) is 50.6 Å². The lowest BCUT2D eigenvalue weighted by Gasteiger charge is -2.33. The fraction of sp³-hybridized carbons (Fsp3) is 0.529. The van der Waals surface area contributed by atoms with Crippen molar-refractivity contribution < 1.29 is 4.79 Å². The summed E-state index contributed by atoms with van der Waals surface area (Å²) in [7, 11) is 0. The van der Waals surface area contributed by atoms with Crippen molar-refractivity contribution >= 4 is 16.8 Å². The number of carbonyl (C=O) groups excluding carboxylic acids is 1. The highest BCUT2D eigenvalue weighted by Crippen LogP contribution is 2.15. The number of hydrogen-bond donors (Lipinski definition) is 2. The first-order chi connectivity index (χ1) is 10.8. The Hall–Kier alpha value is -1.88. The van der Waals surface area contributed by atoms with Crippen LogP contribution >= 0.6 is 0 Å². The van der Waals surface area contributed by atoms with Crippen molar-refractivity contribution in [1.29, 1.82) is 0 Å². The second-order valence-corrected chi connectivity index (χ2v) is 6.14. The fourth-order valence-electron chi connectivity index (χ4n) is 3.11. The van der Waals surface area contributed by atoms with Crippen molar-refractivity contribution in [3.05, 3.63) is 30.0 Å². The van der Waals surface area contributed by atoms with Crippen LogP contribution in [0.3, 0.4) is 0 Å². The van der Waals surface area contributed by atoms with Crippen LogP contribution in [0.2, 0.25) is 0 Å². The van der Waals surface area contributed by atoms with Gasteiger partial charge < -0.3 is 10.2 Å². The van der Waals surface area contributed by atoms with Gasteiger partial charge in [0.1, 0.15) is 0 Å². The number of H-pyrrole nitrogens is 1. The van der Waals surface area contributed by atoms with Crippen molar-refractivity contribution in [3.63, 3.8) is 0 Å². The lowest BCUT2D eigenvalue weighted by molar-refractivity contribution is 0.0903. The first-order valence-electron chi connectivity index (χ1n) is 8.22. The zero-order valence-corrected chi connectivity index (χ0v) is 13.1. The molecule has 0 spiro atoms. The Morgan fingerprint density at radius 3 is 3.27 bits per heavy atom. The number of likely N-dealkylation sites (tertiary alicyclic amines) is 1. The molecule has 1 amide bonds. The monoisotopic (exact) mass is 300 g/mol. The highest BCUT2D eigenvalue weighted by Gasteiger charge is 2.21. The predicted molar refractivity (Wildman–Crippen MR) is 87.9 cm³/mol.